The molecule has 1 aliphatic rings. The number of aromatic nitrogens is 2. The van der Waals surface area contributed by atoms with Gasteiger partial charge in [0.05, 0.1) is 25.0 Å². The van der Waals surface area contributed by atoms with Crippen molar-refractivity contribution in [2.45, 2.75) is 25.7 Å². The van der Waals surface area contributed by atoms with E-state index >= 15 is 0 Å². The Bertz CT molecular complexity index is 699. The van der Waals surface area contributed by atoms with Crippen molar-refractivity contribution in [1.29, 1.82) is 0 Å². The molecule has 3 rings (SSSR count). The first kappa shape index (κ1) is 16.3. The lowest BCUT2D eigenvalue weighted by atomic mass is 10.1. The Morgan fingerprint density at radius 1 is 1.52 bits per heavy atom. The summed E-state index contributed by atoms with van der Waals surface area (Å²) < 4.78 is 6.93. The number of hydrogen-bond donors (Lipinski definition) is 1. The van der Waals surface area contributed by atoms with Crippen molar-refractivity contribution in [2.75, 3.05) is 19.7 Å². The fourth-order valence-electron chi connectivity index (χ4n) is 2.75. The highest BCUT2D eigenvalue weighted by Crippen LogP contribution is 2.15. The number of nitrogens with zero attached hydrogens (tertiary/aromatic N) is 3. The summed E-state index contributed by atoms with van der Waals surface area (Å²) in [5, 5.41) is 16.4. The van der Waals surface area contributed by atoms with E-state index in [2.05, 4.69) is 10.00 Å². The zero-order valence-corrected chi connectivity index (χ0v) is 14.0. The SMILES string of the molecule is Cn1nc2c(cc1=O)CN(CC(O)COCc1cccs1)CC2. The number of aliphatic hydroxyl groups excluding tert-OH is 1. The van der Waals surface area contributed by atoms with Crippen LogP contribution in [-0.2, 0) is 31.4 Å². The largest absolute Gasteiger partial charge is 0.389 e. The number of rotatable bonds is 6. The summed E-state index contributed by atoms with van der Waals surface area (Å²) in [6.07, 6.45) is 0.266. The summed E-state index contributed by atoms with van der Waals surface area (Å²) in [5.41, 5.74) is 1.85. The number of fused-ring (bicyclic) bond motifs is 1. The quantitative estimate of drug-likeness (QED) is 0.845. The van der Waals surface area contributed by atoms with Gasteiger partial charge in [-0.1, -0.05) is 6.07 Å². The van der Waals surface area contributed by atoms with Crippen LogP contribution in [0.3, 0.4) is 0 Å². The maximum Gasteiger partial charge on any atom is 0.266 e. The molecule has 0 fully saturated rings. The van der Waals surface area contributed by atoms with Crippen LogP contribution < -0.4 is 5.56 Å². The van der Waals surface area contributed by atoms with Gasteiger partial charge in [0.1, 0.15) is 0 Å². The van der Waals surface area contributed by atoms with Crippen molar-refractivity contribution < 1.29 is 9.84 Å². The maximum absolute atomic E-state index is 11.7. The summed E-state index contributed by atoms with van der Waals surface area (Å²) in [6.45, 7) is 2.88. The van der Waals surface area contributed by atoms with Crippen molar-refractivity contribution in [3.63, 3.8) is 0 Å². The highest BCUT2D eigenvalue weighted by molar-refractivity contribution is 7.09. The van der Waals surface area contributed by atoms with E-state index in [4.69, 9.17) is 4.74 Å². The Morgan fingerprint density at radius 2 is 2.39 bits per heavy atom. The van der Waals surface area contributed by atoms with Gasteiger partial charge in [0, 0.05) is 44.0 Å². The molecule has 23 heavy (non-hydrogen) atoms. The first-order valence-corrected chi connectivity index (χ1v) is 8.56. The minimum Gasteiger partial charge on any atom is -0.389 e. The fourth-order valence-corrected chi connectivity index (χ4v) is 3.39. The lowest BCUT2D eigenvalue weighted by Gasteiger charge is -2.29. The molecule has 0 radical (unpaired) electrons. The Hall–Kier alpha value is -1.54. The first-order chi connectivity index (χ1) is 11.1. The Balaban J connectivity index is 1.48. The van der Waals surface area contributed by atoms with E-state index in [1.165, 1.54) is 4.68 Å². The fraction of sp³-hybridized carbons (Fsp3) is 0.500. The lowest BCUT2D eigenvalue weighted by Crippen LogP contribution is -2.39. The van der Waals surface area contributed by atoms with Crippen LogP contribution in [-0.4, -0.2) is 45.6 Å². The molecule has 1 unspecified atom stereocenters. The maximum atomic E-state index is 11.7. The van der Waals surface area contributed by atoms with E-state index in [9.17, 15) is 9.90 Å². The third-order valence-corrected chi connectivity index (χ3v) is 4.77. The molecule has 2 aromatic heterocycles. The molecule has 0 saturated carbocycles. The zero-order chi connectivity index (χ0) is 16.2. The number of β-amino-alcohol motifs (C(OH)–C–C–N with tert-alkyl or cyclic N) is 1. The normalized spacial score (nSPS) is 16.3. The summed E-state index contributed by atoms with van der Waals surface area (Å²) in [6, 6.07) is 5.66. The van der Waals surface area contributed by atoms with E-state index in [1.807, 2.05) is 17.5 Å². The zero-order valence-electron chi connectivity index (χ0n) is 13.1. The first-order valence-electron chi connectivity index (χ1n) is 7.68. The Morgan fingerprint density at radius 3 is 3.17 bits per heavy atom. The number of ether oxygens (including phenoxy) is 1. The Kier molecular flexibility index (Phi) is 5.22. The predicted molar refractivity (Wildman–Crippen MR) is 88.4 cm³/mol. The van der Waals surface area contributed by atoms with Crippen LogP contribution in [0.5, 0.6) is 0 Å². The molecule has 0 aromatic carbocycles. The second kappa shape index (κ2) is 7.35. The summed E-state index contributed by atoms with van der Waals surface area (Å²) in [5.74, 6) is 0. The van der Waals surface area contributed by atoms with Gasteiger partial charge >= 0.3 is 0 Å². The van der Waals surface area contributed by atoms with Gasteiger partial charge in [-0.3, -0.25) is 9.69 Å². The van der Waals surface area contributed by atoms with Crippen LogP contribution in [0.15, 0.2) is 28.4 Å². The van der Waals surface area contributed by atoms with Crippen molar-refractivity contribution in [1.82, 2.24) is 14.7 Å². The molecule has 0 aliphatic carbocycles. The van der Waals surface area contributed by atoms with Crippen LogP contribution in [0.1, 0.15) is 16.1 Å². The molecule has 0 saturated heterocycles. The van der Waals surface area contributed by atoms with Crippen LogP contribution in [0.2, 0.25) is 0 Å². The highest BCUT2D eigenvalue weighted by Gasteiger charge is 2.20. The van der Waals surface area contributed by atoms with Gasteiger partial charge in [0.25, 0.3) is 5.56 Å². The number of aliphatic hydroxyl groups is 1. The summed E-state index contributed by atoms with van der Waals surface area (Å²) in [4.78, 5) is 15.0. The van der Waals surface area contributed by atoms with Gasteiger partial charge in [-0.2, -0.15) is 5.10 Å². The number of aryl methyl sites for hydroxylation is 1. The molecule has 1 N–H and O–H groups in total. The molecule has 124 valence electrons. The molecule has 0 amide bonds. The van der Waals surface area contributed by atoms with Gasteiger partial charge in [0.15, 0.2) is 0 Å². The number of thiophene rings is 1. The van der Waals surface area contributed by atoms with Gasteiger partial charge < -0.3 is 9.84 Å². The second-order valence-corrected chi connectivity index (χ2v) is 6.84. The van der Waals surface area contributed by atoms with Gasteiger partial charge in [-0.05, 0) is 17.0 Å². The van der Waals surface area contributed by atoms with E-state index in [1.54, 1.807) is 24.5 Å². The third kappa shape index (κ3) is 4.26. The molecular weight excluding hydrogens is 314 g/mol. The smallest absolute Gasteiger partial charge is 0.266 e. The molecular formula is C16H21N3O3S. The minimum atomic E-state index is -0.531. The van der Waals surface area contributed by atoms with Crippen molar-refractivity contribution >= 4 is 11.3 Å². The summed E-state index contributed by atoms with van der Waals surface area (Å²) >= 11 is 1.65. The average Bonchev–Trinajstić information content (AvgIpc) is 3.02. The topological polar surface area (TPSA) is 67.6 Å². The van der Waals surface area contributed by atoms with E-state index < -0.39 is 6.10 Å². The molecule has 1 aliphatic heterocycles. The third-order valence-electron chi connectivity index (χ3n) is 3.92. The van der Waals surface area contributed by atoms with Crippen LogP contribution in [0, 0.1) is 0 Å². The van der Waals surface area contributed by atoms with Crippen LogP contribution in [0.4, 0.5) is 0 Å². The molecule has 3 heterocycles. The Labute approximate surface area is 138 Å². The van der Waals surface area contributed by atoms with Crippen molar-refractivity contribution in [3.05, 3.63) is 50.1 Å². The van der Waals surface area contributed by atoms with E-state index in [-0.39, 0.29) is 5.56 Å². The molecule has 2 aromatic rings. The van der Waals surface area contributed by atoms with Gasteiger partial charge in [-0.15, -0.1) is 11.3 Å². The molecule has 0 bridgehead atoms. The molecule has 1 atom stereocenters. The standard InChI is InChI=1S/C16H21N3O3S/c1-18-16(21)7-12-8-19(5-4-15(12)17-18)9-13(20)10-22-11-14-3-2-6-23-14/h2-3,6-7,13,20H,4-5,8-11H2,1H3. The predicted octanol–water partition coefficient (Wildman–Crippen LogP) is 0.778. The molecule has 0 spiro atoms. The minimum absolute atomic E-state index is 0.0922. The molecule has 7 heteroatoms. The van der Waals surface area contributed by atoms with Crippen molar-refractivity contribution in [3.8, 4) is 0 Å². The number of hydrogen-bond acceptors (Lipinski definition) is 6. The van der Waals surface area contributed by atoms with Gasteiger partial charge in [0.2, 0.25) is 0 Å². The molecule has 6 nitrogen and oxygen atoms in total. The van der Waals surface area contributed by atoms with E-state index in [0.717, 1.165) is 29.1 Å². The average molecular weight is 335 g/mol. The monoisotopic (exact) mass is 335 g/mol. The van der Waals surface area contributed by atoms with Crippen LogP contribution >= 0.6 is 11.3 Å². The van der Waals surface area contributed by atoms with Crippen LogP contribution in [0.25, 0.3) is 0 Å². The van der Waals surface area contributed by atoms with Crippen molar-refractivity contribution in [2.24, 2.45) is 7.05 Å². The second-order valence-electron chi connectivity index (χ2n) is 5.81. The summed E-state index contributed by atoms with van der Waals surface area (Å²) in [7, 11) is 1.67. The van der Waals surface area contributed by atoms with Gasteiger partial charge in [-0.25, -0.2) is 4.68 Å². The lowest BCUT2D eigenvalue weighted by molar-refractivity contribution is 0.00833. The van der Waals surface area contributed by atoms with E-state index in [0.29, 0.717) is 26.3 Å². The highest BCUT2D eigenvalue weighted by atomic mass is 32.1.